The average molecular weight is 351 g/mol. The Balaban J connectivity index is 2.88. The third kappa shape index (κ3) is 4.10. The Bertz CT molecular complexity index is 339. The highest BCUT2D eigenvalue weighted by molar-refractivity contribution is 6.76. The number of halogens is 3. The van der Waals surface area contributed by atoms with E-state index in [9.17, 15) is 0 Å². The van der Waals surface area contributed by atoms with Crippen molar-refractivity contribution in [2.75, 3.05) is 21.3 Å². The molecule has 6 nitrogen and oxygen atoms in total. The molecular formula is C11H18Cl3NO5. The second-order valence-corrected chi connectivity index (χ2v) is 6.54. The average Bonchev–Trinajstić information content (AvgIpc) is 2.36. The first-order valence-electron chi connectivity index (χ1n) is 5.82. The van der Waals surface area contributed by atoms with Crippen LogP contribution in [0.4, 0.5) is 0 Å². The van der Waals surface area contributed by atoms with Gasteiger partial charge in [0.2, 0.25) is 12.2 Å². The number of hydrogen-bond acceptors (Lipinski definition) is 6. The second-order valence-electron chi connectivity index (χ2n) is 4.26. The van der Waals surface area contributed by atoms with E-state index in [4.69, 9.17) is 63.9 Å². The predicted molar refractivity (Wildman–Crippen MR) is 75.8 cm³/mol. The summed E-state index contributed by atoms with van der Waals surface area (Å²) in [6.07, 6.45) is -2.69. The van der Waals surface area contributed by atoms with Gasteiger partial charge in [-0.15, -0.1) is 0 Å². The van der Waals surface area contributed by atoms with E-state index in [1.165, 1.54) is 14.2 Å². The Hall–Kier alpha value is 0.180. The predicted octanol–water partition coefficient (Wildman–Crippen LogP) is 2.14. The first-order valence-corrected chi connectivity index (χ1v) is 6.95. The molecule has 0 bridgehead atoms. The lowest BCUT2D eigenvalue weighted by atomic mass is 9.99. The van der Waals surface area contributed by atoms with E-state index in [1.54, 1.807) is 14.0 Å². The summed E-state index contributed by atoms with van der Waals surface area (Å²) in [5, 5.41) is 7.60. The van der Waals surface area contributed by atoms with Crippen LogP contribution in [0.5, 0.6) is 0 Å². The molecule has 0 spiro atoms. The molecule has 1 rings (SSSR count). The summed E-state index contributed by atoms with van der Waals surface area (Å²) in [4.78, 5) is 0. The van der Waals surface area contributed by atoms with Gasteiger partial charge < -0.3 is 23.7 Å². The number of alkyl halides is 3. The van der Waals surface area contributed by atoms with E-state index in [1.807, 2.05) is 0 Å². The number of nitrogens with one attached hydrogen (secondary N) is 1. The molecule has 0 aromatic heterocycles. The molecule has 0 aromatic carbocycles. The van der Waals surface area contributed by atoms with Gasteiger partial charge in [-0.3, -0.25) is 5.41 Å². The van der Waals surface area contributed by atoms with Crippen molar-refractivity contribution in [1.29, 1.82) is 5.41 Å². The zero-order valence-corrected chi connectivity index (χ0v) is 13.8. The molecule has 118 valence electrons. The van der Waals surface area contributed by atoms with E-state index < -0.39 is 28.2 Å². The Labute approximate surface area is 133 Å². The molecule has 20 heavy (non-hydrogen) atoms. The van der Waals surface area contributed by atoms with Crippen molar-refractivity contribution in [3.63, 3.8) is 0 Å². The van der Waals surface area contributed by atoms with Crippen molar-refractivity contribution in [2.24, 2.45) is 0 Å². The van der Waals surface area contributed by atoms with Crippen molar-refractivity contribution in [2.45, 2.75) is 41.4 Å². The summed E-state index contributed by atoms with van der Waals surface area (Å²) in [7, 11) is 4.55. The van der Waals surface area contributed by atoms with Crippen molar-refractivity contribution in [3.05, 3.63) is 0 Å². The Kier molecular flexibility index (Phi) is 6.79. The van der Waals surface area contributed by atoms with Crippen LogP contribution in [0.1, 0.15) is 6.92 Å². The molecule has 0 radical (unpaired) electrons. The van der Waals surface area contributed by atoms with E-state index in [2.05, 4.69) is 0 Å². The van der Waals surface area contributed by atoms with Gasteiger partial charge in [0, 0.05) is 21.3 Å². The minimum atomic E-state index is -1.97. The van der Waals surface area contributed by atoms with Crippen LogP contribution >= 0.6 is 34.8 Å². The molecular weight excluding hydrogens is 332 g/mol. The van der Waals surface area contributed by atoms with Crippen LogP contribution in [0, 0.1) is 5.41 Å². The lowest BCUT2D eigenvalue weighted by Gasteiger charge is -2.43. The fraction of sp³-hybridized carbons (Fsp3) is 0.909. The van der Waals surface area contributed by atoms with Gasteiger partial charge in [0.05, 0.1) is 6.10 Å². The van der Waals surface area contributed by atoms with Gasteiger partial charge in [-0.1, -0.05) is 34.8 Å². The van der Waals surface area contributed by atoms with Crippen molar-refractivity contribution < 1.29 is 23.7 Å². The summed E-state index contributed by atoms with van der Waals surface area (Å²) >= 11 is 16.8. The largest absolute Gasteiger partial charge is 0.445 e. The fourth-order valence-corrected chi connectivity index (χ4v) is 2.23. The molecule has 5 atom stereocenters. The van der Waals surface area contributed by atoms with Crippen LogP contribution < -0.4 is 0 Å². The van der Waals surface area contributed by atoms with Crippen LogP contribution in [0.15, 0.2) is 0 Å². The smallest absolute Gasteiger partial charge is 0.265 e. The SMILES string of the molecule is CO[C@@H]1[C@H](OC)[C@@H](OC(=N)C(Cl)(Cl)Cl)O[C@H](C)[C@H]1OC. The summed E-state index contributed by atoms with van der Waals surface area (Å²) in [5.41, 5.74) is 0. The number of rotatable bonds is 4. The highest BCUT2D eigenvalue weighted by Crippen LogP contribution is 2.32. The fourth-order valence-electron chi connectivity index (χ4n) is 2.09. The minimum Gasteiger partial charge on any atom is -0.445 e. The van der Waals surface area contributed by atoms with Gasteiger partial charge in [0.25, 0.3) is 3.79 Å². The van der Waals surface area contributed by atoms with Gasteiger partial charge in [0.1, 0.15) is 18.3 Å². The second kappa shape index (κ2) is 7.45. The molecule has 1 aliphatic rings. The van der Waals surface area contributed by atoms with Crippen LogP contribution in [0.2, 0.25) is 0 Å². The molecule has 0 saturated carbocycles. The molecule has 0 amide bonds. The molecule has 1 N–H and O–H groups in total. The highest BCUT2D eigenvalue weighted by atomic mass is 35.6. The van der Waals surface area contributed by atoms with Crippen LogP contribution in [-0.2, 0) is 23.7 Å². The standard InChI is InChI=1S/C11H18Cl3NO5/c1-5-6(16-2)7(17-3)8(18-4)9(19-5)20-10(15)11(12,13)14/h5-9,15H,1-4H3/t5-,6-,7+,8+,9-/m1/s1. The van der Waals surface area contributed by atoms with E-state index in [0.717, 1.165) is 0 Å². The van der Waals surface area contributed by atoms with Crippen LogP contribution in [0.3, 0.4) is 0 Å². The van der Waals surface area contributed by atoms with Crippen molar-refractivity contribution in [1.82, 2.24) is 0 Å². The number of ether oxygens (including phenoxy) is 5. The van der Waals surface area contributed by atoms with Gasteiger partial charge in [0.15, 0.2) is 0 Å². The van der Waals surface area contributed by atoms with E-state index in [0.29, 0.717) is 0 Å². The first-order chi connectivity index (χ1) is 9.26. The third-order valence-electron chi connectivity index (χ3n) is 3.04. The number of methoxy groups -OCH3 is 3. The summed E-state index contributed by atoms with van der Waals surface area (Å²) in [6.45, 7) is 1.79. The van der Waals surface area contributed by atoms with E-state index >= 15 is 0 Å². The topological polar surface area (TPSA) is 70.0 Å². The van der Waals surface area contributed by atoms with Gasteiger partial charge in [-0.05, 0) is 6.92 Å². The molecule has 1 fully saturated rings. The minimum absolute atomic E-state index is 0.341. The third-order valence-corrected chi connectivity index (χ3v) is 3.55. The van der Waals surface area contributed by atoms with Crippen LogP contribution in [0.25, 0.3) is 0 Å². The summed E-state index contributed by atoms with van der Waals surface area (Å²) < 4.78 is 25.0. The Morgan fingerprint density at radius 2 is 1.50 bits per heavy atom. The first kappa shape index (κ1) is 18.2. The molecule has 9 heteroatoms. The lowest BCUT2D eigenvalue weighted by molar-refractivity contribution is -0.286. The van der Waals surface area contributed by atoms with Gasteiger partial charge >= 0.3 is 0 Å². The number of hydrogen-bond donors (Lipinski definition) is 1. The summed E-state index contributed by atoms with van der Waals surface area (Å²) in [6, 6.07) is 0. The Morgan fingerprint density at radius 1 is 1.00 bits per heavy atom. The molecule has 1 heterocycles. The van der Waals surface area contributed by atoms with E-state index in [-0.39, 0.29) is 12.2 Å². The van der Waals surface area contributed by atoms with Crippen molar-refractivity contribution in [3.8, 4) is 0 Å². The Morgan fingerprint density at radius 3 is 1.90 bits per heavy atom. The highest BCUT2D eigenvalue weighted by Gasteiger charge is 2.48. The van der Waals surface area contributed by atoms with Gasteiger partial charge in [-0.25, -0.2) is 0 Å². The monoisotopic (exact) mass is 349 g/mol. The maximum Gasteiger partial charge on any atom is 0.265 e. The lowest BCUT2D eigenvalue weighted by Crippen LogP contribution is -2.60. The maximum atomic E-state index is 7.60. The summed E-state index contributed by atoms with van der Waals surface area (Å²) in [5.74, 6) is -0.549. The normalized spacial score (nSPS) is 34.9. The zero-order chi connectivity index (χ0) is 15.5. The maximum absolute atomic E-state index is 7.60. The molecule has 0 aliphatic carbocycles. The zero-order valence-electron chi connectivity index (χ0n) is 11.6. The molecule has 0 unspecified atom stereocenters. The van der Waals surface area contributed by atoms with Gasteiger partial charge in [-0.2, -0.15) is 0 Å². The molecule has 1 aliphatic heterocycles. The quantitative estimate of drug-likeness (QED) is 0.478. The molecule has 0 aromatic rings. The molecule has 1 saturated heterocycles. The van der Waals surface area contributed by atoms with Crippen LogP contribution in [-0.4, -0.2) is 61.7 Å². The van der Waals surface area contributed by atoms with Crippen molar-refractivity contribution >= 4 is 40.7 Å².